The van der Waals surface area contributed by atoms with Crippen LogP contribution in [0.4, 0.5) is 28.9 Å². The van der Waals surface area contributed by atoms with Crippen molar-refractivity contribution in [3.8, 4) is 0 Å². The number of amides is 3. The van der Waals surface area contributed by atoms with Gasteiger partial charge < -0.3 is 20.2 Å². The number of carbonyl (C=O) groups is 3. The normalized spacial score (nSPS) is 22.9. The first kappa shape index (κ1) is 42.4. The summed E-state index contributed by atoms with van der Waals surface area (Å²) in [7, 11) is 3.63. The van der Waals surface area contributed by atoms with Gasteiger partial charge in [-0.1, -0.05) is 6.07 Å². The van der Waals surface area contributed by atoms with Gasteiger partial charge in [-0.3, -0.25) is 33.8 Å². The molecule has 3 amide bonds. The first-order chi connectivity index (χ1) is 28.9. The number of aromatic nitrogens is 5. The highest BCUT2D eigenvalue weighted by Crippen LogP contribution is 2.42. The summed E-state index contributed by atoms with van der Waals surface area (Å²) in [6, 6.07) is 7.75. The summed E-state index contributed by atoms with van der Waals surface area (Å²) in [6.07, 6.45) is 0.143. The molecule has 3 fully saturated rings. The molecule has 3 atom stereocenters. The van der Waals surface area contributed by atoms with Crippen molar-refractivity contribution in [3.63, 3.8) is 0 Å². The number of hydrogen-bond acceptors (Lipinski definition) is 11. The number of alkyl halides is 4. The first-order valence-corrected chi connectivity index (χ1v) is 21.2. The molecular weight excluding hydrogens is 819 g/mol. The Kier molecular flexibility index (Phi) is 11.3. The van der Waals surface area contributed by atoms with Crippen molar-refractivity contribution >= 4 is 61.7 Å². The fraction of sp³-hybridized carbons (Fsp3) is 0.500. The smallest absolute Gasteiger partial charge is 0.386 e. The standard InChI is InChI=1S/C42H47F4N9O5S/c1-41(2,60)24-16-27-33(17-26(24)49-37(57)28-18-47-19-34(48-28)42(44,45)46)61-39(50-27)23-10-8-22(9-11-23)20-52(3)29-14-15-54(21-25(29)43)30-6-5-7-31-36(30)53(4)40(59)55(31)32-12-13-35(56)51-38(32)58/h5-7,16-19,22-23,25,29,32,60H,8-15,20-21H2,1-4H3,(H,49,57)(H,51,56,58)/t22?,23?,25-,29+,32?/m1/s1. The quantitative estimate of drug-likeness (QED) is 0.118. The Labute approximate surface area is 352 Å². The van der Waals surface area contributed by atoms with Gasteiger partial charge in [0, 0.05) is 49.8 Å². The summed E-state index contributed by atoms with van der Waals surface area (Å²) in [6.45, 7) is 4.56. The minimum Gasteiger partial charge on any atom is -0.386 e. The number of nitrogens with zero attached hydrogens (tertiary/aromatic N) is 7. The maximum Gasteiger partial charge on any atom is 0.434 e. The second-order valence-electron chi connectivity index (χ2n) is 17.0. The van der Waals surface area contributed by atoms with Gasteiger partial charge in [-0.2, -0.15) is 13.2 Å². The highest BCUT2D eigenvalue weighted by atomic mass is 32.1. The van der Waals surface area contributed by atoms with Crippen LogP contribution in [0.1, 0.15) is 97.5 Å². The second kappa shape index (κ2) is 16.2. The van der Waals surface area contributed by atoms with Crippen LogP contribution in [-0.2, 0) is 28.4 Å². The zero-order valence-electron chi connectivity index (χ0n) is 34.1. The van der Waals surface area contributed by atoms with Crippen LogP contribution in [0.25, 0.3) is 21.3 Å². The predicted molar refractivity (Wildman–Crippen MR) is 221 cm³/mol. The third-order valence-corrected chi connectivity index (χ3v) is 13.5. The van der Waals surface area contributed by atoms with E-state index in [1.54, 1.807) is 39.1 Å². The van der Waals surface area contributed by atoms with E-state index in [1.807, 2.05) is 24.1 Å². The molecule has 0 radical (unpaired) electrons. The van der Waals surface area contributed by atoms with Crippen molar-refractivity contribution in [2.24, 2.45) is 13.0 Å². The highest BCUT2D eigenvalue weighted by molar-refractivity contribution is 7.18. The van der Waals surface area contributed by atoms with Crippen LogP contribution in [0.15, 0.2) is 47.5 Å². The number of benzene rings is 2. The van der Waals surface area contributed by atoms with E-state index in [-0.39, 0.29) is 48.6 Å². The average Bonchev–Trinajstić information content (AvgIpc) is 3.74. The number of thiazole rings is 1. The molecule has 1 unspecified atom stereocenters. The number of anilines is 2. The fourth-order valence-electron chi connectivity index (χ4n) is 9.22. The van der Waals surface area contributed by atoms with Crippen molar-refractivity contribution in [2.45, 2.75) is 94.7 Å². The second-order valence-corrected chi connectivity index (χ2v) is 18.1. The maximum absolute atomic E-state index is 16.1. The molecule has 5 aromatic rings. The molecule has 2 aliphatic heterocycles. The maximum atomic E-state index is 16.1. The Morgan fingerprint density at radius 3 is 2.49 bits per heavy atom. The number of imide groups is 1. The summed E-state index contributed by atoms with van der Waals surface area (Å²) in [5.41, 5.74) is -0.459. The molecule has 3 aliphatic rings. The molecule has 324 valence electrons. The van der Waals surface area contributed by atoms with Crippen LogP contribution in [0.2, 0.25) is 0 Å². The van der Waals surface area contributed by atoms with E-state index >= 15 is 4.39 Å². The number of aliphatic hydroxyl groups is 1. The first-order valence-electron chi connectivity index (χ1n) is 20.4. The number of hydrogen-bond donors (Lipinski definition) is 3. The van der Waals surface area contributed by atoms with Gasteiger partial charge in [0.1, 0.15) is 17.9 Å². The number of piperidine rings is 2. The molecule has 5 heterocycles. The summed E-state index contributed by atoms with van der Waals surface area (Å²) in [4.78, 5) is 67.0. The average molecular weight is 866 g/mol. The molecule has 0 spiro atoms. The van der Waals surface area contributed by atoms with E-state index in [9.17, 15) is 37.5 Å². The number of fused-ring (bicyclic) bond motifs is 2. The fourth-order valence-corrected chi connectivity index (χ4v) is 10.4. The van der Waals surface area contributed by atoms with E-state index in [1.165, 1.54) is 20.5 Å². The molecule has 1 aliphatic carbocycles. The Morgan fingerprint density at radius 1 is 1.05 bits per heavy atom. The zero-order valence-corrected chi connectivity index (χ0v) is 34.9. The lowest BCUT2D eigenvalue weighted by atomic mass is 9.81. The molecule has 0 bridgehead atoms. The lowest BCUT2D eigenvalue weighted by Crippen LogP contribution is -2.52. The third-order valence-electron chi connectivity index (χ3n) is 12.4. The van der Waals surface area contributed by atoms with Crippen molar-refractivity contribution < 1.29 is 37.1 Å². The summed E-state index contributed by atoms with van der Waals surface area (Å²) in [5, 5.41) is 16.9. The number of imidazole rings is 1. The lowest BCUT2D eigenvalue weighted by Gasteiger charge is -2.42. The van der Waals surface area contributed by atoms with Gasteiger partial charge in [0.05, 0.1) is 56.5 Å². The number of rotatable bonds is 9. The number of aryl methyl sites for hydroxylation is 1. The molecule has 3 N–H and O–H groups in total. The summed E-state index contributed by atoms with van der Waals surface area (Å²) in [5.74, 6) is -1.22. The van der Waals surface area contributed by atoms with Crippen molar-refractivity contribution in [2.75, 3.05) is 36.9 Å². The SMILES string of the molecule is CN(CC1CCC(c2nc3cc(C(C)(C)O)c(NC(=O)c4cncc(C(F)(F)F)n4)cc3s2)CC1)[C@H]1CCN(c2cccc3c2n(C)c(=O)n3C2CCC(=O)NC2=O)C[C@H]1F. The van der Waals surface area contributed by atoms with Gasteiger partial charge in [0.2, 0.25) is 11.8 Å². The summed E-state index contributed by atoms with van der Waals surface area (Å²) >= 11 is 1.48. The van der Waals surface area contributed by atoms with Gasteiger partial charge in [0.15, 0.2) is 5.69 Å². The molecule has 2 saturated heterocycles. The number of nitrogens with one attached hydrogen (secondary N) is 2. The molecule has 19 heteroatoms. The van der Waals surface area contributed by atoms with Gasteiger partial charge in [0.25, 0.3) is 5.91 Å². The van der Waals surface area contributed by atoms with Crippen LogP contribution in [-0.4, -0.2) is 90.7 Å². The van der Waals surface area contributed by atoms with Crippen LogP contribution in [0.5, 0.6) is 0 Å². The van der Waals surface area contributed by atoms with E-state index in [2.05, 4.69) is 25.5 Å². The Hall–Kier alpha value is -5.27. The molecule has 2 aromatic carbocycles. The monoisotopic (exact) mass is 865 g/mol. The zero-order chi connectivity index (χ0) is 43.5. The van der Waals surface area contributed by atoms with Crippen LogP contribution in [0.3, 0.4) is 0 Å². The van der Waals surface area contributed by atoms with Gasteiger partial charge in [-0.15, -0.1) is 11.3 Å². The number of halogens is 4. The molecule has 61 heavy (non-hydrogen) atoms. The van der Waals surface area contributed by atoms with Gasteiger partial charge in [-0.05, 0) is 89.6 Å². The molecule has 3 aromatic heterocycles. The minimum absolute atomic E-state index is 0.141. The van der Waals surface area contributed by atoms with E-state index in [0.29, 0.717) is 47.2 Å². The van der Waals surface area contributed by atoms with E-state index < -0.39 is 47.2 Å². The number of carbonyl (C=O) groups excluding carboxylic acids is 3. The molecular formula is C42H47F4N9O5S. The van der Waals surface area contributed by atoms with Crippen LogP contribution in [0, 0.1) is 5.92 Å². The minimum atomic E-state index is -4.77. The van der Waals surface area contributed by atoms with Crippen molar-refractivity contribution in [1.82, 2.24) is 34.3 Å². The van der Waals surface area contributed by atoms with E-state index in [0.717, 1.165) is 53.8 Å². The Bertz CT molecular complexity index is 2580. The van der Waals surface area contributed by atoms with Crippen molar-refractivity contribution in [3.05, 3.63) is 75.2 Å². The summed E-state index contributed by atoms with van der Waals surface area (Å²) < 4.78 is 59.5. The molecule has 14 nitrogen and oxygen atoms in total. The third kappa shape index (κ3) is 8.38. The predicted octanol–water partition coefficient (Wildman–Crippen LogP) is 6.04. The van der Waals surface area contributed by atoms with Crippen molar-refractivity contribution in [1.29, 1.82) is 0 Å². The highest BCUT2D eigenvalue weighted by Gasteiger charge is 2.37. The topological polar surface area (TPSA) is 168 Å². The van der Waals surface area contributed by atoms with Crippen LogP contribution < -0.4 is 21.2 Å². The van der Waals surface area contributed by atoms with Crippen LogP contribution >= 0.6 is 11.3 Å². The largest absolute Gasteiger partial charge is 0.434 e. The Balaban J connectivity index is 0.900. The lowest BCUT2D eigenvalue weighted by molar-refractivity contribution is -0.141. The Morgan fingerprint density at radius 2 is 1.80 bits per heavy atom. The number of para-hydroxylation sites is 1. The molecule has 8 rings (SSSR count). The van der Waals surface area contributed by atoms with E-state index in [4.69, 9.17) is 4.98 Å². The van der Waals surface area contributed by atoms with Gasteiger partial charge in [-0.25, -0.2) is 19.2 Å². The molecule has 1 saturated carbocycles. The van der Waals surface area contributed by atoms with Gasteiger partial charge >= 0.3 is 11.9 Å².